The molecular weight excluding hydrogens is 320 g/mol. The predicted octanol–water partition coefficient (Wildman–Crippen LogP) is 2.41. The van der Waals surface area contributed by atoms with E-state index in [1.807, 2.05) is 7.05 Å². The lowest BCUT2D eigenvalue weighted by atomic mass is 10.0. The third kappa shape index (κ3) is 5.67. The lowest BCUT2D eigenvalue weighted by molar-refractivity contribution is -0.157. The number of hydrogen-bond donors (Lipinski definition) is 2. The van der Waals surface area contributed by atoms with Crippen LogP contribution in [-0.4, -0.2) is 33.2 Å². The largest absolute Gasteiger partial charge is 0.508 e. The molecule has 0 spiro atoms. The summed E-state index contributed by atoms with van der Waals surface area (Å²) in [5, 5.41) is 12.1. The van der Waals surface area contributed by atoms with Gasteiger partial charge in [0.1, 0.15) is 17.4 Å². The number of esters is 1. The quantitative estimate of drug-likeness (QED) is 0.816. The monoisotopic (exact) mass is 344 g/mol. The van der Waals surface area contributed by atoms with Gasteiger partial charge in [0.2, 0.25) is 0 Å². The minimum atomic E-state index is -0.823. The van der Waals surface area contributed by atoms with Crippen LogP contribution in [-0.2, 0) is 23.0 Å². The highest BCUT2D eigenvalue weighted by Gasteiger charge is 2.27. The number of ether oxygens (including phenoxy) is 1. The first kappa shape index (κ1) is 18.6. The van der Waals surface area contributed by atoms with Crippen molar-refractivity contribution in [2.75, 3.05) is 0 Å². The van der Waals surface area contributed by atoms with Crippen molar-refractivity contribution in [1.29, 1.82) is 0 Å². The zero-order valence-corrected chi connectivity index (χ0v) is 14.9. The molecule has 1 aromatic heterocycles. The number of amides is 1. The highest BCUT2D eigenvalue weighted by atomic mass is 16.6. The lowest BCUT2D eigenvalue weighted by Gasteiger charge is -2.24. The summed E-state index contributed by atoms with van der Waals surface area (Å²) < 4.78 is 7.19. The second kappa shape index (κ2) is 7.42. The van der Waals surface area contributed by atoms with Gasteiger partial charge in [-0.1, -0.05) is 12.1 Å². The molecule has 0 radical (unpaired) electrons. The van der Waals surface area contributed by atoms with Gasteiger partial charge in [-0.15, -0.1) is 0 Å². The van der Waals surface area contributed by atoms with Crippen LogP contribution in [0.4, 0.5) is 0 Å². The highest BCUT2D eigenvalue weighted by molar-refractivity contribution is 5.96. The van der Waals surface area contributed by atoms with Crippen molar-refractivity contribution in [2.45, 2.75) is 38.8 Å². The van der Waals surface area contributed by atoms with Crippen LogP contribution in [0.5, 0.6) is 5.75 Å². The Morgan fingerprint density at radius 3 is 2.36 bits per heavy atom. The Bertz CT molecular complexity index is 742. The molecule has 25 heavy (non-hydrogen) atoms. The minimum absolute atomic E-state index is 0.144. The average Bonchev–Trinajstić information content (AvgIpc) is 2.93. The maximum atomic E-state index is 12.5. The first-order chi connectivity index (χ1) is 11.6. The number of rotatable bonds is 5. The summed E-state index contributed by atoms with van der Waals surface area (Å²) >= 11 is 0. The molecule has 0 aliphatic rings. The Morgan fingerprint density at radius 2 is 1.84 bits per heavy atom. The number of phenolic OH excluding ortho intramolecular Hbond substituents is 1. The Balaban J connectivity index is 2.17. The molecule has 0 saturated carbocycles. The van der Waals surface area contributed by atoms with Crippen molar-refractivity contribution in [2.24, 2.45) is 7.05 Å². The predicted molar refractivity (Wildman–Crippen MR) is 94.3 cm³/mol. The number of aromatic nitrogens is 1. The van der Waals surface area contributed by atoms with E-state index in [-0.39, 0.29) is 18.1 Å². The zero-order valence-electron chi connectivity index (χ0n) is 14.9. The van der Waals surface area contributed by atoms with Crippen molar-refractivity contribution in [3.63, 3.8) is 0 Å². The molecule has 2 N–H and O–H groups in total. The number of nitrogens with zero attached hydrogens (tertiary/aromatic N) is 1. The van der Waals surface area contributed by atoms with E-state index in [9.17, 15) is 14.7 Å². The van der Waals surface area contributed by atoms with Gasteiger partial charge in [0.25, 0.3) is 5.91 Å². The molecule has 0 aliphatic heterocycles. The van der Waals surface area contributed by atoms with Crippen molar-refractivity contribution in [3.05, 3.63) is 53.9 Å². The minimum Gasteiger partial charge on any atom is -0.508 e. The van der Waals surface area contributed by atoms with Gasteiger partial charge in [0.15, 0.2) is 0 Å². The van der Waals surface area contributed by atoms with Gasteiger partial charge in [-0.3, -0.25) is 4.79 Å². The summed E-state index contributed by atoms with van der Waals surface area (Å²) in [6.07, 6.45) is 3.72. The van der Waals surface area contributed by atoms with Crippen LogP contribution in [0, 0.1) is 0 Å². The van der Waals surface area contributed by atoms with E-state index in [1.165, 1.54) is 0 Å². The number of carbonyl (C=O) groups is 2. The number of aryl methyl sites for hydroxylation is 1. The van der Waals surface area contributed by atoms with E-state index in [0.29, 0.717) is 5.56 Å². The number of aromatic hydroxyl groups is 1. The van der Waals surface area contributed by atoms with Crippen molar-refractivity contribution >= 4 is 11.9 Å². The van der Waals surface area contributed by atoms with Gasteiger partial charge in [-0.25, -0.2) is 4.79 Å². The molecule has 0 unspecified atom stereocenters. The summed E-state index contributed by atoms with van der Waals surface area (Å²) in [6.45, 7) is 5.34. The fraction of sp³-hybridized carbons (Fsp3) is 0.368. The van der Waals surface area contributed by atoms with Gasteiger partial charge >= 0.3 is 5.97 Å². The molecule has 0 aliphatic carbocycles. The van der Waals surface area contributed by atoms with E-state index in [4.69, 9.17) is 4.74 Å². The van der Waals surface area contributed by atoms with Crippen LogP contribution >= 0.6 is 0 Å². The maximum absolute atomic E-state index is 12.5. The van der Waals surface area contributed by atoms with Crippen molar-refractivity contribution in [1.82, 2.24) is 9.88 Å². The number of carbonyl (C=O) groups excluding carboxylic acids is 2. The standard InChI is InChI=1S/C19H24N2O4/c1-19(2,3)25-18(24)16(11-13-5-7-15(22)8-6-13)20-17(23)14-9-10-21(4)12-14/h5-10,12,16,22H,11H2,1-4H3,(H,20,23)/t16-/m0/s1. The molecule has 2 rings (SSSR count). The molecule has 0 saturated heterocycles. The fourth-order valence-electron chi connectivity index (χ4n) is 2.31. The fourth-order valence-corrected chi connectivity index (χ4v) is 2.31. The van der Waals surface area contributed by atoms with E-state index >= 15 is 0 Å². The summed E-state index contributed by atoms with van der Waals surface area (Å²) in [7, 11) is 1.82. The van der Waals surface area contributed by atoms with Crippen LogP contribution in [0.25, 0.3) is 0 Å². The lowest BCUT2D eigenvalue weighted by Crippen LogP contribution is -2.45. The van der Waals surface area contributed by atoms with Gasteiger partial charge < -0.3 is 19.7 Å². The molecule has 1 atom stereocenters. The number of phenols is 1. The molecule has 1 heterocycles. The molecule has 0 fully saturated rings. The van der Waals surface area contributed by atoms with E-state index in [1.54, 1.807) is 68.1 Å². The third-order valence-corrected chi connectivity index (χ3v) is 3.47. The first-order valence-corrected chi connectivity index (χ1v) is 8.07. The molecule has 6 nitrogen and oxygen atoms in total. The van der Waals surface area contributed by atoms with E-state index < -0.39 is 17.6 Å². The zero-order chi connectivity index (χ0) is 18.6. The molecule has 1 amide bonds. The summed E-state index contributed by atoms with van der Waals surface area (Å²) in [4.78, 5) is 24.9. The summed E-state index contributed by atoms with van der Waals surface area (Å²) in [5.41, 5.74) is 0.630. The highest BCUT2D eigenvalue weighted by Crippen LogP contribution is 2.15. The summed E-state index contributed by atoms with van der Waals surface area (Å²) in [5.74, 6) is -0.689. The van der Waals surface area contributed by atoms with Crippen LogP contribution in [0.2, 0.25) is 0 Å². The Hall–Kier alpha value is -2.76. The normalized spacial score (nSPS) is 12.5. The molecule has 2 aromatic rings. The van der Waals surface area contributed by atoms with Crippen LogP contribution in [0.15, 0.2) is 42.7 Å². The second-order valence-electron chi connectivity index (χ2n) is 7.00. The van der Waals surface area contributed by atoms with Gasteiger partial charge in [-0.05, 0) is 44.5 Å². The smallest absolute Gasteiger partial charge is 0.329 e. The maximum Gasteiger partial charge on any atom is 0.329 e. The topological polar surface area (TPSA) is 80.6 Å². The van der Waals surface area contributed by atoms with Crippen LogP contribution < -0.4 is 5.32 Å². The Kier molecular flexibility index (Phi) is 5.51. The van der Waals surface area contributed by atoms with Crippen molar-refractivity contribution < 1.29 is 19.4 Å². The number of benzene rings is 1. The second-order valence-corrected chi connectivity index (χ2v) is 7.00. The van der Waals surface area contributed by atoms with Gasteiger partial charge in [-0.2, -0.15) is 0 Å². The number of hydrogen-bond acceptors (Lipinski definition) is 4. The van der Waals surface area contributed by atoms with Crippen LogP contribution in [0.1, 0.15) is 36.7 Å². The molecule has 1 aromatic carbocycles. The number of nitrogens with one attached hydrogen (secondary N) is 1. The van der Waals surface area contributed by atoms with Gasteiger partial charge in [0, 0.05) is 25.9 Å². The SMILES string of the molecule is Cn1ccc(C(=O)N[C@@H](Cc2ccc(O)cc2)C(=O)OC(C)(C)C)c1. The molecule has 6 heteroatoms. The van der Waals surface area contributed by atoms with Gasteiger partial charge in [0.05, 0.1) is 5.56 Å². The molecule has 134 valence electrons. The van der Waals surface area contributed by atoms with E-state index in [2.05, 4.69) is 5.32 Å². The Labute approximate surface area is 147 Å². The molecular formula is C19H24N2O4. The average molecular weight is 344 g/mol. The molecule has 0 bridgehead atoms. The first-order valence-electron chi connectivity index (χ1n) is 8.07. The summed E-state index contributed by atoms with van der Waals surface area (Å²) in [6, 6.07) is 7.36. The van der Waals surface area contributed by atoms with Crippen LogP contribution in [0.3, 0.4) is 0 Å². The third-order valence-electron chi connectivity index (χ3n) is 3.47. The Morgan fingerprint density at radius 1 is 1.20 bits per heavy atom. The van der Waals surface area contributed by atoms with E-state index in [0.717, 1.165) is 5.56 Å². The van der Waals surface area contributed by atoms with Crippen molar-refractivity contribution in [3.8, 4) is 5.75 Å².